The van der Waals surface area contributed by atoms with Gasteiger partial charge in [-0.05, 0) is 34.7 Å². The van der Waals surface area contributed by atoms with Crippen molar-refractivity contribution in [2.24, 2.45) is 0 Å². The number of nitro groups is 1. The van der Waals surface area contributed by atoms with E-state index in [0.717, 1.165) is 11.3 Å². The molecule has 2 rings (SSSR count). The number of halogens is 2. The molecule has 0 amide bonds. The molecule has 3 nitrogen and oxygen atoms in total. The summed E-state index contributed by atoms with van der Waals surface area (Å²) in [5, 5.41) is 10.9. The molecule has 0 saturated carbocycles. The van der Waals surface area contributed by atoms with Gasteiger partial charge in [0.25, 0.3) is 5.69 Å². The van der Waals surface area contributed by atoms with Crippen LogP contribution in [0.3, 0.4) is 0 Å². The topological polar surface area (TPSA) is 43.1 Å². The Morgan fingerprint density at radius 3 is 2.86 bits per heavy atom. The zero-order valence-electron chi connectivity index (χ0n) is 6.66. The maximum absolute atomic E-state index is 12.9. The minimum Gasteiger partial charge on any atom is -0.258 e. The van der Waals surface area contributed by atoms with Crippen LogP contribution in [0, 0.1) is 18.8 Å². The molecule has 0 unspecified atom stereocenters. The van der Waals surface area contributed by atoms with E-state index >= 15 is 0 Å². The molecule has 2 aromatic rings. The van der Waals surface area contributed by atoms with Gasteiger partial charge in [-0.1, -0.05) is 17.4 Å². The Hall–Kier alpha value is -0.760. The van der Waals surface area contributed by atoms with Crippen LogP contribution < -0.4 is 0 Å². The summed E-state index contributed by atoms with van der Waals surface area (Å²) < 4.78 is 13.8. The normalized spacial score (nSPS) is 10.7. The van der Waals surface area contributed by atoms with Gasteiger partial charge in [0, 0.05) is 5.39 Å². The van der Waals surface area contributed by atoms with Crippen molar-refractivity contribution in [1.29, 1.82) is 0 Å². The SMILES string of the molecule is O=[N+]([O-])c1c(I)ccc2cc(F)sc12. The quantitative estimate of drug-likeness (QED) is 0.458. The van der Waals surface area contributed by atoms with Gasteiger partial charge in [0.1, 0.15) is 4.70 Å². The number of benzene rings is 1. The summed E-state index contributed by atoms with van der Waals surface area (Å²) >= 11 is 2.68. The number of hydrogen-bond acceptors (Lipinski definition) is 3. The lowest BCUT2D eigenvalue weighted by Gasteiger charge is -1.95. The number of hydrogen-bond donors (Lipinski definition) is 0. The molecule has 1 heterocycles. The first-order valence-corrected chi connectivity index (χ1v) is 5.51. The number of thiophene rings is 1. The smallest absolute Gasteiger partial charge is 0.258 e. The molecule has 1 aromatic carbocycles. The lowest BCUT2D eigenvalue weighted by Crippen LogP contribution is -1.90. The predicted octanol–water partition coefficient (Wildman–Crippen LogP) is 3.55. The molecule has 0 bridgehead atoms. The highest BCUT2D eigenvalue weighted by atomic mass is 127. The fourth-order valence-corrected chi connectivity index (χ4v) is 2.94. The zero-order valence-corrected chi connectivity index (χ0v) is 9.63. The van der Waals surface area contributed by atoms with Crippen LogP contribution in [0.25, 0.3) is 10.1 Å². The molecule has 0 aliphatic carbocycles. The van der Waals surface area contributed by atoms with Gasteiger partial charge in [-0.25, -0.2) is 0 Å². The van der Waals surface area contributed by atoms with Gasteiger partial charge in [0.05, 0.1) is 8.49 Å². The molecule has 6 heteroatoms. The van der Waals surface area contributed by atoms with Crippen LogP contribution in [0.5, 0.6) is 0 Å². The van der Waals surface area contributed by atoms with E-state index < -0.39 is 10.1 Å². The molecular weight excluding hydrogens is 320 g/mol. The third-order valence-electron chi connectivity index (χ3n) is 1.76. The Morgan fingerprint density at radius 2 is 2.21 bits per heavy atom. The van der Waals surface area contributed by atoms with E-state index in [1.165, 1.54) is 6.07 Å². The molecule has 0 aliphatic heterocycles. The molecule has 0 saturated heterocycles. The Kier molecular flexibility index (Phi) is 2.40. The Morgan fingerprint density at radius 1 is 1.50 bits per heavy atom. The van der Waals surface area contributed by atoms with Crippen LogP contribution in [0.15, 0.2) is 18.2 Å². The second-order valence-corrected chi connectivity index (χ2v) is 4.79. The van der Waals surface area contributed by atoms with Crippen LogP contribution in [0.2, 0.25) is 0 Å². The first kappa shape index (κ1) is 9.78. The largest absolute Gasteiger partial charge is 0.300 e. The fourth-order valence-electron chi connectivity index (χ4n) is 1.20. The molecule has 72 valence electrons. The Labute approximate surface area is 95.8 Å². The standard InChI is InChI=1S/C8H3FINO2S/c9-6-3-4-1-2-5(10)7(11(12)13)8(4)14-6/h1-3H. The monoisotopic (exact) mass is 323 g/mol. The summed E-state index contributed by atoms with van der Waals surface area (Å²) in [6, 6.07) is 4.61. The van der Waals surface area contributed by atoms with Gasteiger partial charge in [-0.3, -0.25) is 10.1 Å². The number of fused-ring (bicyclic) bond motifs is 1. The minimum absolute atomic E-state index is 0.00278. The molecule has 0 spiro atoms. The van der Waals surface area contributed by atoms with Crippen molar-refractivity contribution in [3.05, 3.63) is 37.0 Å². The first-order chi connectivity index (χ1) is 6.59. The summed E-state index contributed by atoms with van der Waals surface area (Å²) in [5.41, 5.74) is -0.00278. The van der Waals surface area contributed by atoms with E-state index in [2.05, 4.69) is 0 Å². The zero-order chi connectivity index (χ0) is 10.3. The van der Waals surface area contributed by atoms with Crippen LogP contribution in [0.1, 0.15) is 0 Å². The Bertz CT molecular complexity index is 525. The third-order valence-corrected chi connectivity index (χ3v) is 3.58. The van der Waals surface area contributed by atoms with E-state index in [-0.39, 0.29) is 5.69 Å². The molecule has 0 N–H and O–H groups in total. The maximum Gasteiger partial charge on any atom is 0.300 e. The molecule has 0 aliphatic rings. The summed E-state index contributed by atoms with van der Waals surface area (Å²) in [6.45, 7) is 0. The van der Waals surface area contributed by atoms with Crippen molar-refractivity contribution in [2.75, 3.05) is 0 Å². The minimum atomic E-state index is -0.472. The Balaban J connectivity index is 2.88. The van der Waals surface area contributed by atoms with Crippen molar-refractivity contribution in [3.63, 3.8) is 0 Å². The van der Waals surface area contributed by atoms with Gasteiger partial charge in [0.15, 0.2) is 5.13 Å². The van der Waals surface area contributed by atoms with Crippen molar-refractivity contribution in [3.8, 4) is 0 Å². The maximum atomic E-state index is 12.9. The molecule has 0 radical (unpaired) electrons. The van der Waals surface area contributed by atoms with E-state index in [1.54, 1.807) is 12.1 Å². The van der Waals surface area contributed by atoms with Crippen molar-refractivity contribution < 1.29 is 9.31 Å². The van der Waals surface area contributed by atoms with Gasteiger partial charge in [0.2, 0.25) is 0 Å². The molecule has 14 heavy (non-hydrogen) atoms. The number of nitrogens with zero attached hydrogens (tertiary/aromatic N) is 1. The van der Waals surface area contributed by atoms with Gasteiger partial charge < -0.3 is 0 Å². The lowest BCUT2D eigenvalue weighted by atomic mass is 10.2. The van der Waals surface area contributed by atoms with Gasteiger partial charge in [-0.2, -0.15) is 4.39 Å². The van der Waals surface area contributed by atoms with Crippen molar-refractivity contribution in [2.45, 2.75) is 0 Å². The molecule has 0 atom stereocenters. The van der Waals surface area contributed by atoms with E-state index in [1.807, 2.05) is 22.6 Å². The van der Waals surface area contributed by atoms with E-state index in [9.17, 15) is 14.5 Å². The lowest BCUT2D eigenvalue weighted by molar-refractivity contribution is -0.383. The first-order valence-electron chi connectivity index (χ1n) is 3.61. The second kappa shape index (κ2) is 3.43. The van der Waals surface area contributed by atoms with Gasteiger partial charge in [-0.15, -0.1) is 0 Å². The van der Waals surface area contributed by atoms with Crippen LogP contribution >= 0.6 is 33.9 Å². The van der Waals surface area contributed by atoms with Crippen molar-refractivity contribution in [1.82, 2.24) is 0 Å². The summed E-state index contributed by atoms with van der Waals surface area (Å²) in [7, 11) is 0. The summed E-state index contributed by atoms with van der Waals surface area (Å²) in [4.78, 5) is 10.3. The van der Waals surface area contributed by atoms with Crippen LogP contribution in [0.4, 0.5) is 10.1 Å². The number of rotatable bonds is 1. The average Bonchev–Trinajstić information content (AvgIpc) is 2.43. The molecule has 0 fully saturated rings. The summed E-state index contributed by atoms with van der Waals surface area (Å²) in [5.74, 6) is 0. The highest BCUT2D eigenvalue weighted by Gasteiger charge is 2.19. The fraction of sp³-hybridized carbons (Fsp3) is 0. The van der Waals surface area contributed by atoms with E-state index in [0.29, 0.717) is 13.7 Å². The second-order valence-electron chi connectivity index (χ2n) is 2.62. The predicted molar refractivity (Wildman–Crippen MR) is 61.2 cm³/mol. The third kappa shape index (κ3) is 1.48. The van der Waals surface area contributed by atoms with Gasteiger partial charge >= 0.3 is 0 Å². The molecule has 1 aromatic heterocycles. The highest BCUT2D eigenvalue weighted by Crippen LogP contribution is 2.35. The highest BCUT2D eigenvalue weighted by molar-refractivity contribution is 14.1. The molecular formula is C8H3FINO2S. The summed E-state index contributed by atoms with van der Waals surface area (Å²) in [6.07, 6.45) is 0. The van der Waals surface area contributed by atoms with Crippen LogP contribution in [-0.2, 0) is 0 Å². The number of nitro benzene ring substituents is 1. The average molecular weight is 323 g/mol. The van der Waals surface area contributed by atoms with E-state index in [4.69, 9.17) is 0 Å². The van der Waals surface area contributed by atoms with Crippen LogP contribution in [-0.4, -0.2) is 4.92 Å². The van der Waals surface area contributed by atoms with Crippen molar-refractivity contribution >= 4 is 49.7 Å².